The first-order valence-corrected chi connectivity index (χ1v) is 9.79. The lowest BCUT2D eigenvalue weighted by molar-refractivity contribution is -0.141. The molecule has 1 saturated carbocycles. The molecule has 158 valence electrons. The molecule has 6 nitrogen and oxygen atoms in total. The average molecular weight is 418 g/mol. The molecule has 4 rings (SSSR count). The first-order valence-electron chi connectivity index (χ1n) is 9.79. The van der Waals surface area contributed by atoms with Crippen LogP contribution in [0, 0.1) is 5.92 Å². The lowest BCUT2D eigenvalue weighted by Gasteiger charge is -2.27. The SMILES string of the molecule is O=C(Nc1ccc2nn([C@H]3CC[C@H](CO)CC3)cc2c1)c1cccc(C(F)(F)F)n1. The summed E-state index contributed by atoms with van der Waals surface area (Å²) in [5.41, 5.74) is -0.186. The minimum atomic E-state index is -4.61. The number of aromatic nitrogens is 3. The van der Waals surface area contributed by atoms with E-state index < -0.39 is 17.8 Å². The lowest BCUT2D eigenvalue weighted by atomic mass is 9.87. The summed E-state index contributed by atoms with van der Waals surface area (Å²) >= 11 is 0. The van der Waals surface area contributed by atoms with E-state index in [0.29, 0.717) is 11.6 Å². The molecule has 1 fully saturated rings. The van der Waals surface area contributed by atoms with Crippen LogP contribution in [0.4, 0.5) is 18.9 Å². The number of amides is 1. The van der Waals surface area contributed by atoms with Gasteiger partial charge in [-0.1, -0.05) is 6.07 Å². The van der Waals surface area contributed by atoms with Crippen LogP contribution < -0.4 is 5.32 Å². The van der Waals surface area contributed by atoms with Gasteiger partial charge in [0.05, 0.1) is 11.6 Å². The summed E-state index contributed by atoms with van der Waals surface area (Å²) in [5, 5.41) is 17.3. The largest absolute Gasteiger partial charge is 0.433 e. The van der Waals surface area contributed by atoms with Gasteiger partial charge in [0.1, 0.15) is 11.4 Å². The van der Waals surface area contributed by atoms with Gasteiger partial charge in [0.2, 0.25) is 0 Å². The molecular formula is C21H21F3N4O2. The number of pyridine rings is 1. The fourth-order valence-corrected chi connectivity index (χ4v) is 3.82. The average Bonchev–Trinajstić information content (AvgIpc) is 3.16. The van der Waals surface area contributed by atoms with Gasteiger partial charge in [0.15, 0.2) is 0 Å². The number of hydrogen-bond acceptors (Lipinski definition) is 4. The highest BCUT2D eigenvalue weighted by Gasteiger charge is 2.33. The van der Waals surface area contributed by atoms with E-state index in [0.717, 1.165) is 48.7 Å². The molecule has 0 atom stereocenters. The molecule has 9 heteroatoms. The monoisotopic (exact) mass is 418 g/mol. The van der Waals surface area contributed by atoms with Gasteiger partial charge >= 0.3 is 6.18 Å². The Balaban J connectivity index is 1.49. The van der Waals surface area contributed by atoms with Crippen molar-refractivity contribution in [1.29, 1.82) is 0 Å². The molecule has 0 unspecified atom stereocenters. The molecule has 0 bridgehead atoms. The van der Waals surface area contributed by atoms with Crippen LogP contribution >= 0.6 is 0 Å². The van der Waals surface area contributed by atoms with Crippen molar-refractivity contribution < 1.29 is 23.1 Å². The standard InChI is InChI=1S/C21H21F3N4O2/c22-21(23,24)19-3-1-2-18(26-19)20(30)25-15-6-9-17-14(10-15)11-28(27-17)16-7-4-13(12-29)5-8-16/h1-3,6,9-11,13,16,29H,4-5,7-8,12H2,(H,25,30)/t13-,16-. The first-order chi connectivity index (χ1) is 14.3. The van der Waals surface area contributed by atoms with E-state index in [1.165, 1.54) is 6.07 Å². The Morgan fingerprint density at radius 3 is 2.63 bits per heavy atom. The van der Waals surface area contributed by atoms with E-state index in [1.54, 1.807) is 18.2 Å². The predicted molar refractivity (Wildman–Crippen MR) is 105 cm³/mol. The van der Waals surface area contributed by atoms with Crippen LogP contribution in [0.5, 0.6) is 0 Å². The maximum atomic E-state index is 12.8. The Morgan fingerprint density at radius 2 is 1.93 bits per heavy atom. The molecule has 0 radical (unpaired) electrons. The van der Waals surface area contributed by atoms with E-state index in [2.05, 4.69) is 15.4 Å². The van der Waals surface area contributed by atoms with Crippen molar-refractivity contribution in [3.8, 4) is 0 Å². The topological polar surface area (TPSA) is 80.0 Å². The van der Waals surface area contributed by atoms with Gasteiger partial charge in [0, 0.05) is 23.9 Å². The number of carbonyl (C=O) groups excluding carboxylic acids is 1. The van der Waals surface area contributed by atoms with Crippen LogP contribution in [0.3, 0.4) is 0 Å². The number of anilines is 1. The summed E-state index contributed by atoms with van der Waals surface area (Å²) in [6.07, 6.45) is 1.12. The van der Waals surface area contributed by atoms with Crippen LogP contribution in [-0.2, 0) is 6.18 Å². The Bertz CT molecular complexity index is 1060. The predicted octanol–water partition coefficient (Wildman–Crippen LogP) is 4.43. The third-order valence-corrected chi connectivity index (χ3v) is 5.50. The van der Waals surface area contributed by atoms with Crippen LogP contribution in [-0.4, -0.2) is 32.4 Å². The summed E-state index contributed by atoms with van der Waals surface area (Å²) < 4.78 is 40.4. The van der Waals surface area contributed by atoms with Crippen molar-refractivity contribution >= 4 is 22.5 Å². The lowest BCUT2D eigenvalue weighted by Crippen LogP contribution is -2.20. The van der Waals surface area contributed by atoms with Gasteiger partial charge in [0.25, 0.3) is 5.91 Å². The maximum absolute atomic E-state index is 12.8. The van der Waals surface area contributed by atoms with E-state index in [-0.39, 0.29) is 18.3 Å². The molecule has 1 aliphatic rings. The van der Waals surface area contributed by atoms with Gasteiger partial charge in [-0.25, -0.2) is 4.98 Å². The van der Waals surface area contributed by atoms with Crippen LogP contribution in [0.15, 0.2) is 42.6 Å². The fourth-order valence-electron chi connectivity index (χ4n) is 3.82. The van der Waals surface area contributed by atoms with E-state index >= 15 is 0 Å². The minimum absolute atomic E-state index is 0.220. The van der Waals surface area contributed by atoms with E-state index in [1.807, 2.05) is 10.9 Å². The van der Waals surface area contributed by atoms with E-state index in [9.17, 15) is 23.1 Å². The Labute approximate surface area is 170 Å². The molecule has 2 N–H and O–H groups in total. The van der Waals surface area contributed by atoms with Crippen molar-refractivity contribution in [2.75, 3.05) is 11.9 Å². The molecule has 0 aliphatic heterocycles. The number of fused-ring (bicyclic) bond motifs is 1. The number of aliphatic hydroxyl groups is 1. The Morgan fingerprint density at radius 1 is 1.17 bits per heavy atom. The summed E-state index contributed by atoms with van der Waals surface area (Å²) in [5.74, 6) is -0.354. The number of aliphatic hydroxyl groups excluding tert-OH is 1. The summed E-state index contributed by atoms with van der Waals surface area (Å²) in [6, 6.07) is 8.66. The van der Waals surface area contributed by atoms with Gasteiger partial charge in [-0.3, -0.25) is 9.48 Å². The molecule has 0 saturated heterocycles. The molecule has 30 heavy (non-hydrogen) atoms. The highest BCUT2D eigenvalue weighted by molar-refractivity contribution is 6.03. The first kappa shape index (κ1) is 20.3. The Kier molecular flexibility index (Phi) is 5.46. The molecule has 3 aromatic rings. The number of halogens is 3. The van der Waals surface area contributed by atoms with Gasteiger partial charge in [-0.2, -0.15) is 18.3 Å². The van der Waals surface area contributed by atoms with Crippen LogP contribution in [0.2, 0.25) is 0 Å². The highest BCUT2D eigenvalue weighted by Crippen LogP contribution is 2.33. The smallest absolute Gasteiger partial charge is 0.396 e. The molecule has 1 amide bonds. The second-order valence-electron chi connectivity index (χ2n) is 7.60. The number of carbonyl (C=O) groups is 1. The second-order valence-corrected chi connectivity index (χ2v) is 7.60. The highest BCUT2D eigenvalue weighted by atomic mass is 19.4. The van der Waals surface area contributed by atoms with Crippen molar-refractivity contribution in [3.05, 3.63) is 54.0 Å². The third-order valence-electron chi connectivity index (χ3n) is 5.50. The number of nitrogens with zero attached hydrogens (tertiary/aromatic N) is 3. The summed E-state index contributed by atoms with van der Waals surface area (Å²) in [4.78, 5) is 15.8. The molecule has 1 aliphatic carbocycles. The van der Waals surface area contributed by atoms with Gasteiger partial charge < -0.3 is 10.4 Å². The second kappa shape index (κ2) is 8.06. The number of rotatable bonds is 4. The normalized spacial score (nSPS) is 19.7. The zero-order valence-electron chi connectivity index (χ0n) is 16.1. The quantitative estimate of drug-likeness (QED) is 0.657. The van der Waals surface area contributed by atoms with Crippen molar-refractivity contribution in [1.82, 2.24) is 14.8 Å². The van der Waals surface area contributed by atoms with E-state index in [4.69, 9.17) is 0 Å². The van der Waals surface area contributed by atoms with Crippen molar-refractivity contribution in [2.24, 2.45) is 5.92 Å². The maximum Gasteiger partial charge on any atom is 0.433 e. The van der Waals surface area contributed by atoms with Crippen LogP contribution in [0.1, 0.15) is 47.9 Å². The zero-order valence-corrected chi connectivity index (χ0v) is 16.1. The zero-order chi connectivity index (χ0) is 21.3. The minimum Gasteiger partial charge on any atom is -0.396 e. The van der Waals surface area contributed by atoms with Crippen molar-refractivity contribution in [2.45, 2.75) is 37.9 Å². The summed E-state index contributed by atoms with van der Waals surface area (Å²) in [7, 11) is 0. The number of benzene rings is 1. The van der Waals surface area contributed by atoms with Crippen molar-refractivity contribution in [3.63, 3.8) is 0 Å². The third kappa shape index (κ3) is 4.30. The fraction of sp³-hybridized carbons (Fsp3) is 0.381. The molecule has 2 aromatic heterocycles. The van der Waals surface area contributed by atoms with Gasteiger partial charge in [-0.05, 0) is 61.9 Å². The molecule has 2 heterocycles. The Hall–Kier alpha value is -2.94. The number of nitrogens with one attached hydrogen (secondary N) is 1. The molecule has 1 aromatic carbocycles. The summed E-state index contributed by atoms with van der Waals surface area (Å²) in [6.45, 7) is 0.220. The number of alkyl halides is 3. The molecule has 0 spiro atoms. The van der Waals surface area contributed by atoms with Gasteiger partial charge in [-0.15, -0.1) is 0 Å². The van der Waals surface area contributed by atoms with Crippen LogP contribution in [0.25, 0.3) is 10.9 Å². The number of hydrogen-bond donors (Lipinski definition) is 2. The molecular weight excluding hydrogens is 397 g/mol.